The van der Waals surface area contributed by atoms with E-state index in [9.17, 15) is 0 Å². The van der Waals surface area contributed by atoms with Gasteiger partial charge in [0.05, 0.1) is 6.04 Å². The minimum atomic E-state index is 0.350. The quantitative estimate of drug-likeness (QED) is 0.801. The predicted octanol–water partition coefficient (Wildman–Crippen LogP) is 3.54. The molecule has 1 N–H and O–H groups in total. The number of hydrogen-bond acceptors (Lipinski definition) is 2. The van der Waals surface area contributed by atoms with Crippen LogP contribution in [-0.2, 0) is 0 Å². The molecular formula is C16H23NO. The zero-order chi connectivity index (χ0) is 12.6. The number of hydrogen-bond donors (Lipinski definition) is 1. The Morgan fingerprint density at radius 1 is 1.17 bits per heavy atom. The van der Waals surface area contributed by atoms with E-state index < -0.39 is 0 Å². The van der Waals surface area contributed by atoms with Gasteiger partial charge in [-0.2, -0.15) is 0 Å². The first-order valence-corrected chi connectivity index (χ1v) is 6.94. The first kappa shape index (κ1) is 13.2. The van der Waals surface area contributed by atoms with Crippen LogP contribution in [0.1, 0.15) is 32.1 Å². The first-order chi connectivity index (χ1) is 8.90. The summed E-state index contributed by atoms with van der Waals surface area (Å²) in [6, 6.07) is 10.4. The lowest BCUT2D eigenvalue weighted by Gasteiger charge is -2.20. The monoisotopic (exact) mass is 245 g/mol. The fourth-order valence-corrected chi connectivity index (χ4v) is 2.43. The van der Waals surface area contributed by atoms with Gasteiger partial charge in [0.1, 0.15) is 12.4 Å². The molecular weight excluding hydrogens is 222 g/mol. The molecule has 1 unspecified atom stereocenters. The van der Waals surface area contributed by atoms with Crippen molar-refractivity contribution in [1.82, 2.24) is 5.32 Å². The van der Waals surface area contributed by atoms with Crippen molar-refractivity contribution in [2.45, 2.75) is 38.1 Å². The maximum absolute atomic E-state index is 5.85. The SMILES string of the molecule is CNC(COc1ccccc1)C1=CCCCCC1. The smallest absolute Gasteiger partial charge is 0.119 e. The molecule has 0 bridgehead atoms. The largest absolute Gasteiger partial charge is 0.492 e. The van der Waals surface area contributed by atoms with Crippen molar-refractivity contribution in [2.75, 3.05) is 13.7 Å². The molecule has 2 heteroatoms. The molecule has 1 aliphatic carbocycles. The van der Waals surface area contributed by atoms with Crippen molar-refractivity contribution >= 4 is 0 Å². The Balaban J connectivity index is 1.90. The fraction of sp³-hybridized carbons (Fsp3) is 0.500. The van der Waals surface area contributed by atoms with E-state index in [2.05, 4.69) is 11.4 Å². The summed E-state index contributed by atoms with van der Waals surface area (Å²) in [7, 11) is 2.02. The molecule has 1 aromatic carbocycles. The molecule has 1 atom stereocenters. The average molecular weight is 245 g/mol. The molecule has 1 aromatic rings. The minimum absolute atomic E-state index is 0.350. The molecule has 0 amide bonds. The van der Waals surface area contributed by atoms with Crippen LogP contribution in [0.2, 0.25) is 0 Å². The summed E-state index contributed by atoms with van der Waals surface area (Å²) in [4.78, 5) is 0. The standard InChI is InChI=1S/C16H23NO/c1-17-16(14-9-5-2-3-6-10-14)13-18-15-11-7-4-8-12-15/h4,7-9,11-12,16-17H,2-3,5-6,10,13H2,1H3. The average Bonchev–Trinajstić information content (AvgIpc) is 2.70. The van der Waals surface area contributed by atoms with Gasteiger partial charge in [-0.15, -0.1) is 0 Å². The third-order valence-electron chi connectivity index (χ3n) is 3.53. The Bertz CT molecular complexity index is 372. The molecule has 0 radical (unpaired) electrons. The van der Waals surface area contributed by atoms with E-state index in [4.69, 9.17) is 4.74 Å². The zero-order valence-electron chi connectivity index (χ0n) is 11.2. The highest BCUT2D eigenvalue weighted by Gasteiger charge is 2.14. The Kier molecular flexibility index (Phi) is 5.28. The molecule has 0 aliphatic heterocycles. The summed E-state index contributed by atoms with van der Waals surface area (Å²) < 4.78 is 5.85. The van der Waals surface area contributed by atoms with Gasteiger partial charge in [-0.05, 0) is 44.9 Å². The summed E-state index contributed by atoms with van der Waals surface area (Å²) in [5.74, 6) is 0.951. The van der Waals surface area contributed by atoms with Gasteiger partial charge in [-0.3, -0.25) is 0 Å². The number of likely N-dealkylation sites (N-methyl/N-ethyl adjacent to an activating group) is 1. The predicted molar refractivity (Wildman–Crippen MR) is 76.0 cm³/mol. The summed E-state index contributed by atoms with van der Waals surface area (Å²) in [6.07, 6.45) is 8.84. The summed E-state index contributed by atoms with van der Waals surface area (Å²) in [6.45, 7) is 0.715. The molecule has 0 fully saturated rings. The van der Waals surface area contributed by atoms with Gasteiger partial charge in [-0.25, -0.2) is 0 Å². The van der Waals surface area contributed by atoms with Crippen molar-refractivity contribution in [3.63, 3.8) is 0 Å². The van der Waals surface area contributed by atoms with Gasteiger partial charge in [-0.1, -0.05) is 36.3 Å². The lowest BCUT2D eigenvalue weighted by Crippen LogP contribution is -2.33. The van der Waals surface area contributed by atoms with Gasteiger partial charge < -0.3 is 10.1 Å². The van der Waals surface area contributed by atoms with Crippen LogP contribution < -0.4 is 10.1 Å². The third-order valence-corrected chi connectivity index (χ3v) is 3.53. The van der Waals surface area contributed by atoms with E-state index in [1.165, 1.54) is 37.7 Å². The van der Waals surface area contributed by atoms with Crippen molar-refractivity contribution in [3.8, 4) is 5.75 Å². The van der Waals surface area contributed by atoms with Crippen LogP contribution in [0.15, 0.2) is 42.0 Å². The number of para-hydroxylation sites is 1. The highest BCUT2D eigenvalue weighted by atomic mass is 16.5. The Labute approximate surface area is 110 Å². The van der Waals surface area contributed by atoms with Crippen molar-refractivity contribution in [2.24, 2.45) is 0 Å². The highest BCUT2D eigenvalue weighted by molar-refractivity contribution is 5.21. The lowest BCUT2D eigenvalue weighted by molar-refractivity contribution is 0.284. The van der Waals surface area contributed by atoms with E-state index in [0.29, 0.717) is 12.6 Å². The van der Waals surface area contributed by atoms with Gasteiger partial charge >= 0.3 is 0 Å². The molecule has 0 heterocycles. The molecule has 2 rings (SSSR count). The molecule has 98 valence electrons. The topological polar surface area (TPSA) is 21.3 Å². The molecule has 0 aromatic heterocycles. The van der Waals surface area contributed by atoms with Crippen LogP contribution >= 0.6 is 0 Å². The number of rotatable bonds is 5. The van der Waals surface area contributed by atoms with E-state index in [1.807, 2.05) is 37.4 Å². The summed E-state index contributed by atoms with van der Waals surface area (Å²) in [5, 5.41) is 3.38. The maximum Gasteiger partial charge on any atom is 0.119 e. The lowest BCUT2D eigenvalue weighted by atomic mass is 10.0. The van der Waals surface area contributed by atoms with Gasteiger partial charge in [0, 0.05) is 0 Å². The second-order valence-corrected chi connectivity index (χ2v) is 4.84. The van der Waals surface area contributed by atoms with Gasteiger partial charge in [0.25, 0.3) is 0 Å². The van der Waals surface area contributed by atoms with E-state index in [1.54, 1.807) is 0 Å². The number of allylic oxidation sites excluding steroid dienone is 1. The Morgan fingerprint density at radius 2 is 2.00 bits per heavy atom. The Hall–Kier alpha value is -1.28. The van der Waals surface area contributed by atoms with Gasteiger partial charge in [0.15, 0.2) is 0 Å². The number of nitrogens with one attached hydrogen (secondary N) is 1. The Morgan fingerprint density at radius 3 is 2.78 bits per heavy atom. The van der Waals surface area contributed by atoms with Crippen LogP contribution in [0, 0.1) is 0 Å². The van der Waals surface area contributed by atoms with Crippen molar-refractivity contribution in [3.05, 3.63) is 42.0 Å². The first-order valence-electron chi connectivity index (χ1n) is 6.94. The minimum Gasteiger partial charge on any atom is -0.492 e. The van der Waals surface area contributed by atoms with E-state index in [0.717, 1.165) is 5.75 Å². The van der Waals surface area contributed by atoms with Crippen molar-refractivity contribution in [1.29, 1.82) is 0 Å². The molecule has 0 saturated carbocycles. The van der Waals surface area contributed by atoms with Crippen molar-refractivity contribution < 1.29 is 4.74 Å². The molecule has 18 heavy (non-hydrogen) atoms. The molecule has 0 saturated heterocycles. The third kappa shape index (κ3) is 3.88. The van der Waals surface area contributed by atoms with Crippen LogP contribution in [-0.4, -0.2) is 19.7 Å². The zero-order valence-corrected chi connectivity index (χ0v) is 11.2. The second-order valence-electron chi connectivity index (χ2n) is 4.84. The van der Waals surface area contributed by atoms with Crippen LogP contribution in [0.5, 0.6) is 5.75 Å². The van der Waals surface area contributed by atoms with Crippen LogP contribution in [0.3, 0.4) is 0 Å². The fourth-order valence-electron chi connectivity index (χ4n) is 2.43. The van der Waals surface area contributed by atoms with Crippen LogP contribution in [0.4, 0.5) is 0 Å². The summed E-state index contributed by atoms with van der Waals surface area (Å²) in [5.41, 5.74) is 1.52. The van der Waals surface area contributed by atoms with E-state index >= 15 is 0 Å². The maximum atomic E-state index is 5.85. The summed E-state index contributed by atoms with van der Waals surface area (Å²) >= 11 is 0. The normalized spacial score (nSPS) is 17.7. The highest BCUT2D eigenvalue weighted by Crippen LogP contribution is 2.20. The number of ether oxygens (including phenoxy) is 1. The van der Waals surface area contributed by atoms with Crippen LogP contribution in [0.25, 0.3) is 0 Å². The molecule has 2 nitrogen and oxygen atoms in total. The number of benzene rings is 1. The second kappa shape index (κ2) is 7.22. The molecule has 1 aliphatic rings. The van der Waals surface area contributed by atoms with E-state index in [-0.39, 0.29) is 0 Å². The van der Waals surface area contributed by atoms with Gasteiger partial charge in [0.2, 0.25) is 0 Å². The molecule has 0 spiro atoms.